The Morgan fingerprint density at radius 1 is 1.00 bits per heavy atom. The third-order valence-electron chi connectivity index (χ3n) is 3.39. The molecule has 0 bridgehead atoms. The third-order valence-corrected chi connectivity index (χ3v) is 4.87. The van der Waals surface area contributed by atoms with Gasteiger partial charge >= 0.3 is 0 Å². The lowest BCUT2D eigenvalue weighted by Crippen LogP contribution is -2.24. The van der Waals surface area contributed by atoms with Gasteiger partial charge in [0.25, 0.3) is 5.91 Å². The molecular weight excluding hydrogens is 340 g/mol. The van der Waals surface area contributed by atoms with E-state index in [2.05, 4.69) is 10.0 Å². The highest BCUT2D eigenvalue weighted by molar-refractivity contribution is 7.89. The summed E-state index contributed by atoms with van der Waals surface area (Å²) in [6.07, 6.45) is 0.718. The summed E-state index contributed by atoms with van der Waals surface area (Å²) in [6, 6.07) is 12.9. The zero-order valence-corrected chi connectivity index (χ0v) is 15.1. The second-order valence-electron chi connectivity index (χ2n) is 5.33. The van der Waals surface area contributed by atoms with Crippen LogP contribution in [0.2, 0.25) is 0 Å². The van der Waals surface area contributed by atoms with Gasteiger partial charge in [-0.15, -0.1) is 0 Å². The second kappa shape index (κ2) is 8.64. The molecule has 0 saturated heterocycles. The molecule has 0 radical (unpaired) electrons. The molecule has 0 aliphatic heterocycles. The van der Waals surface area contributed by atoms with Crippen molar-refractivity contribution >= 4 is 21.6 Å². The van der Waals surface area contributed by atoms with E-state index >= 15 is 0 Å². The summed E-state index contributed by atoms with van der Waals surface area (Å²) in [5.74, 6) is 0.427. The number of amides is 1. The van der Waals surface area contributed by atoms with Crippen LogP contribution in [0.4, 0.5) is 5.69 Å². The molecule has 2 rings (SSSR count). The molecule has 0 spiro atoms. The van der Waals surface area contributed by atoms with Gasteiger partial charge in [0.1, 0.15) is 5.75 Å². The minimum absolute atomic E-state index is 0.167. The molecule has 2 aromatic rings. The smallest absolute Gasteiger partial charge is 0.255 e. The normalized spacial score (nSPS) is 11.1. The van der Waals surface area contributed by atoms with Gasteiger partial charge in [0.05, 0.1) is 11.5 Å². The van der Waals surface area contributed by atoms with Gasteiger partial charge in [0.2, 0.25) is 10.0 Å². The Labute approximate surface area is 148 Å². The highest BCUT2D eigenvalue weighted by Gasteiger charge is 2.13. The van der Waals surface area contributed by atoms with E-state index in [1.807, 2.05) is 13.8 Å². The molecule has 0 aliphatic carbocycles. The predicted octanol–water partition coefficient (Wildman–Crippen LogP) is 3.03. The number of carbonyl (C=O) groups is 1. The number of hydrogen-bond acceptors (Lipinski definition) is 4. The van der Waals surface area contributed by atoms with Crippen LogP contribution in [0.15, 0.2) is 53.4 Å². The van der Waals surface area contributed by atoms with Crippen molar-refractivity contribution in [1.82, 2.24) is 4.72 Å². The maximum absolute atomic E-state index is 12.2. The van der Waals surface area contributed by atoms with Crippen LogP contribution in [0.1, 0.15) is 30.6 Å². The minimum Gasteiger partial charge on any atom is -0.494 e. The number of carbonyl (C=O) groups excluding carboxylic acids is 1. The van der Waals surface area contributed by atoms with E-state index in [1.54, 1.807) is 36.4 Å². The van der Waals surface area contributed by atoms with Gasteiger partial charge < -0.3 is 10.1 Å². The van der Waals surface area contributed by atoms with Crippen LogP contribution in [0.25, 0.3) is 0 Å². The summed E-state index contributed by atoms with van der Waals surface area (Å²) in [7, 11) is -3.51. The molecule has 0 unspecified atom stereocenters. The molecule has 1 amide bonds. The number of rotatable bonds is 8. The molecule has 2 N–H and O–H groups in total. The van der Waals surface area contributed by atoms with Crippen LogP contribution in [0.3, 0.4) is 0 Å². The highest BCUT2D eigenvalue weighted by atomic mass is 32.2. The van der Waals surface area contributed by atoms with Crippen LogP contribution in [-0.2, 0) is 10.0 Å². The topological polar surface area (TPSA) is 84.5 Å². The monoisotopic (exact) mass is 362 g/mol. The van der Waals surface area contributed by atoms with Gasteiger partial charge in [0.15, 0.2) is 0 Å². The van der Waals surface area contributed by atoms with E-state index < -0.39 is 10.0 Å². The molecule has 6 nitrogen and oxygen atoms in total. The number of ether oxygens (including phenoxy) is 1. The van der Waals surface area contributed by atoms with E-state index in [9.17, 15) is 13.2 Å². The maximum atomic E-state index is 12.2. The zero-order chi connectivity index (χ0) is 18.3. The third kappa shape index (κ3) is 5.30. The van der Waals surface area contributed by atoms with Crippen molar-refractivity contribution in [3.63, 3.8) is 0 Å². The van der Waals surface area contributed by atoms with Crippen LogP contribution >= 0.6 is 0 Å². The lowest BCUT2D eigenvalue weighted by molar-refractivity contribution is 0.102. The Hall–Kier alpha value is -2.38. The Morgan fingerprint density at radius 2 is 1.64 bits per heavy atom. The van der Waals surface area contributed by atoms with Gasteiger partial charge in [-0.2, -0.15) is 0 Å². The molecule has 0 atom stereocenters. The predicted molar refractivity (Wildman–Crippen MR) is 97.5 cm³/mol. The van der Waals surface area contributed by atoms with E-state index in [0.29, 0.717) is 30.2 Å². The van der Waals surface area contributed by atoms with Crippen molar-refractivity contribution in [2.45, 2.75) is 25.2 Å². The maximum Gasteiger partial charge on any atom is 0.255 e. The Morgan fingerprint density at radius 3 is 2.20 bits per heavy atom. The summed E-state index contributed by atoms with van der Waals surface area (Å²) in [5, 5.41) is 2.74. The fourth-order valence-electron chi connectivity index (χ4n) is 2.11. The number of anilines is 1. The number of benzene rings is 2. The van der Waals surface area contributed by atoms with Crippen molar-refractivity contribution in [2.75, 3.05) is 18.5 Å². The SMILES string of the molecule is CCCNS(=O)(=O)c1ccc(NC(=O)c2ccc(OCC)cc2)cc1. The first kappa shape index (κ1) is 19.0. The van der Waals surface area contributed by atoms with Crippen molar-refractivity contribution in [3.8, 4) is 5.75 Å². The van der Waals surface area contributed by atoms with Crippen molar-refractivity contribution in [3.05, 3.63) is 54.1 Å². The average Bonchev–Trinajstić information content (AvgIpc) is 2.61. The number of sulfonamides is 1. The fourth-order valence-corrected chi connectivity index (χ4v) is 3.24. The minimum atomic E-state index is -3.51. The van der Waals surface area contributed by atoms with E-state index in [0.717, 1.165) is 6.42 Å². The largest absolute Gasteiger partial charge is 0.494 e. The second-order valence-corrected chi connectivity index (χ2v) is 7.10. The van der Waals surface area contributed by atoms with E-state index in [4.69, 9.17) is 4.74 Å². The summed E-state index contributed by atoms with van der Waals surface area (Å²) < 4.78 is 31.9. The van der Waals surface area contributed by atoms with Crippen LogP contribution in [0.5, 0.6) is 5.75 Å². The molecule has 134 valence electrons. The Kier molecular flexibility index (Phi) is 6.55. The Balaban J connectivity index is 2.04. The first-order chi connectivity index (χ1) is 12.0. The summed E-state index contributed by atoms with van der Waals surface area (Å²) in [6.45, 7) is 4.73. The molecule has 0 heterocycles. The molecule has 0 aliphatic rings. The molecule has 7 heteroatoms. The van der Waals surface area contributed by atoms with E-state index in [-0.39, 0.29) is 10.8 Å². The van der Waals surface area contributed by atoms with Crippen molar-refractivity contribution in [2.24, 2.45) is 0 Å². The molecule has 0 fully saturated rings. The van der Waals surface area contributed by atoms with Crippen molar-refractivity contribution in [1.29, 1.82) is 0 Å². The standard InChI is InChI=1S/C18H22N2O4S/c1-3-13-19-25(22,23)17-11-7-15(8-12-17)20-18(21)14-5-9-16(10-6-14)24-4-2/h5-12,19H,3-4,13H2,1-2H3,(H,20,21). The molecule has 2 aromatic carbocycles. The highest BCUT2D eigenvalue weighted by Crippen LogP contribution is 2.16. The van der Waals surface area contributed by atoms with Gasteiger partial charge in [-0.3, -0.25) is 4.79 Å². The first-order valence-corrected chi connectivity index (χ1v) is 9.58. The molecule has 0 saturated carbocycles. The summed E-state index contributed by atoms with van der Waals surface area (Å²) in [4.78, 5) is 12.4. The lowest BCUT2D eigenvalue weighted by Gasteiger charge is -2.09. The number of hydrogen-bond donors (Lipinski definition) is 2. The molecular formula is C18H22N2O4S. The van der Waals surface area contributed by atoms with E-state index in [1.165, 1.54) is 12.1 Å². The molecule has 0 aromatic heterocycles. The fraction of sp³-hybridized carbons (Fsp3) is 0.278. The van der Waals surface area contributed by atoms with Gasteiger partial charge in [0, 0.05) is 17.8 Å². The van der Waals surface area contributed by atoms with Crippen LogP contribution in [0, 0.1) is 0 Å². The van der Waals surface area contributed by atoms with Gasteiger partial charge in [-0.25, -0.2) is 13.1 Å². The summed E-state index contributed by atoms with van der Waals surface area (Å²) in [5.41, 5.74) is 1.01. The molecule has 25 heavy (non-hydrogen) atoms. The van der Waals surface area contributed by atoms with Gasteiger partial charge in [-0.05, 0) is 61.9 Å². The van der Waals surface area contributed by atoms with Gasteiger partial charge in [-0.1, -0.05) is 6.92 Å². The quantitative estimate of drug-likeness (QED) is 0.756. The average molecular weight is 362 g/mol. The van der Waals surface area contributed by atoms with Crippen LogP contribution < -0.4 is 14.8 Å². The summed E-state index contributed by atoms with van der Waals surface area (Å²) >= 11 is 0. The first-order valence-electron chi connectivity index (χ1n) is 8.10. The Bertz CT molecular complexity index is 800. The zero-order valence-electron chi connectivity index (χ0n) is 14.3. The van der Waals surface area contributed by atoms with Crippen molar-refractivity contribution < 1.29 is 17.9 Å². The lowest BCUT2D eigenvalue weighted by atomic mass is 10.2. The van der Waals surface area contributed by atoms with Crippen LogP contribution in [-0.4, -0.2) is 27.5 Å². The number of nitrogens with one attached hydrogen (secondary N) is 2.